The third-order valence-corrected chi connectivity index (χ3v) is 3.34. The van der Waals surface area contributed by atoms with E-state index in [4.69, 9.17) is 4.52 Å². The number of nitrogens with zero attached hydrogens (tertiary/aromatic N) is 3. The van der Waals surface area contributed by atoms with E-state index in [1.165, 1.54) is 0 Å². The highest BCUT2D eigenvalue weighted by molar-refractivity contribution is 5.91. The number of aromatic nitrogens is 2. The average Bonchev–Trinajstić information content (AvgIpc) is 2.77. The number of pyridine rings is 1. The van der Waals surface area contributed by atoms with Gasteiger partial charge in [-0.1, -0.05) is 11.2 Å². The molecule has 7 heteroatoms. The Bertz CT molecular complexity index is 851. The zero-order valence-corrected chi connectivity index (χ0v) is 11.3. The van der Waals surface area contributed by atoms with Crippen molar-refractivity contribution in [3.05, 3.63) is 46.0 Å². The quantitative estimate of drug-likeness (QED) is 0.573. The van der Waals surface area contributed by atoms with E-state index in [2.05, 4.69) is 10.1 Å². The van der Waals surface area contributed by atoms with Gasteiger partial charge < -0.3 is 9.63 Å². The van der Waals surface area contributed by atoms with E-state index >= 15 is 0 Å². The van der Waals surface area contributed by atoms with Crippen LogP contribution >= 0.6 is 0 Å². The Labute approximate surface area is 119 Å². The standard InChI is InChI=1S/C14H11N3O4/c1-7-13(8(2)21-16-7)9-3-4-10-11(5-9)15-6-12(14(10)18)17(19)20/h3-6H,1-2H3,(H,15,18). The molecule has 0 aliphatic rings. The number of benzene rings is 1. The number of hydrogen-bond donors (Lipinski definition) is 1. The Kier molecular flexibility index (Phi) is 2.83. The maximum absolute atomic E-state index is 10.8. The van der Waals surface area contributed by atoms with Crippen LogP contribution in [0, 0.1) is 24.0 Å². The molecule has 1 N–H and O–H groups in total. The van der Waals surface area contributed by atoms with Crippen LogP contribution < -0.4 is 0 Å². The number of aromatic hydroxyl groups is 1. The third kappa shape index (κ3) is 1.99. The molecule has 0 amide bonds. The number of nitro groups is 1. The van der Waals surface area contributed by atoms with Crippen molar-refractivity contribution in [1.82, 2.24) is 10.1 Å². The highest BCUT2D eigenvalue weighted by Gasteiger charge is 2.18. The van der Waals surface area contributed by atoms with Crippen LogP contribution in [0.1, 0.15) is 11.5 Å². The van der Waals surface area contributed by atoms with Gasteiger partial charge in [0.25, 0.3) is 0 Å². The van der Waals surface area contributed by atoms with Crippen LogP contribution in [0.2, 0.25) is 0 Å². The molecule has 3 rings (SSSR count). The monoisotopic (exact) mass is 285 g/mol. The second kappa shape index (κ2) is 4.55. The fraction of sp³-hybridized carbons (Fsp3) is 0.143. The van der Waals surface area contributed by atoms with Gasteiger partial charge in [-0.3, -0.25) is 10.1 Å². The fourth-order valence-electron chi connectivity index (χ4n) is 2.35. The molecule has 0 bridgehead atoms. The van der Waals surface area contributed by atoms with Crippen molar-refractivity contribution in [3.8, 4) is 16.9 Å². The van der Waals surface area contributed by atoms with Crippen molar-refractivity contribution < 1.29 is 14.6 Å². The molecular formula is C14H11N3O4. The van der Waals surface area contributed by atoms with Crippen LogP contribution in [0.5, 0.6) is 5.75 Å². The number of aryl methyl sites for hydroxylation is 2. The molecule has 0 atom stereocenters. The highest BCUT2D eigenvalue weighted by Crippen LogP contribution is 2.35. The largest absolute Gasteiger partial charge is 0.502 e. The summed E-state index contributed by atoms with van der Waals surface area (Å²) in [6, 6.07) is 5.09. The second-order valence-corrected chi connectivity index (χ2v) is 4.68. The van der Waals surface area contributed by atoms with Crippen LogP contribution in [0.25, 0.3) is 22.0 Å². The van der Waals surface area contributed by atoms with Gasteiger partial charge in [-0.05, 0) is 31.5 Å². The summed E-state index contributed by atoms with van der Waals surface area (Å²) in [5.41, 5.74) is 2.50. The van der Waals surface area contributed by atoms with Gasteiger partial charge in [-0.2, -0.15) is 0 Å². The van der Waals surface area contributed by atoms with Gasteiger partial charge in [0, 0.05) is 10.9 Å². The van der Waals surface area contributed by atoms with Crippen LogP contribution in [0.4, 0.5) is 5.69 Å². The van der Waals surface area contributed by atoms with E-state index in [-0.39, 0.29) is 5.75 Å². The molecule has 2 heterocycles. The molecule has 0 saturated heterocycles. The van der Waals surface area contributed by atoms with Gasteiger partial charge in [-0.15, -0.1) is 0 Å². The summed E-state index contributed by atoms with van der Waals surface area (Å²) in [7, 11) is 0. The Morgan fingerprint density at radius 1 is 1.33 bits per heavy atom. The number of fused-ring (bicyclic) bond motifs is 1. The lowest BCUT2D eigenvalue weighted by atomic mass is 10.0. The van der Waals surface area contributed by atoms with Gasteiger partial charge in [0.15, 0.2) is 0 Å². The molecule has 0 radical (unpaired) electrons. The molecule has 3 aromatic rings. The van der Waals surface area contributed by atoms with Gasteiger partial charge in [0.2, 0.25) is 5.75 Å². The Hall–Kier alpha value is -2.96. The predicted molar refractivity (Wildman–Crippen MR) is 75.0 cm³/mol. The zero-order valence-electron chi connectivity index (χ0n) is 11.3. The summed E-state index contributed by atoms with van der Waals surface area (Å²) in [5.74, 6) is 0.299. The minimum absolute atomic E-state index is 0.333. The lowest BCUT2D eigenvalue weighted by Gasteiger charge is -2.04. The predicted octanol–water partition coefficient (Wildman–Crippen LogP) is 3.12. The van der Waals surface area contributed by atoms with Crippen LogP contribution in [0.3, 0.4) is 0 Å². The Morgan fingerprint density at radius 3 is 2.71 bits per heavy atom. The van der Waals surface area contributed by atoms with E-state index < -0.39 is 10.6 Å². The van der Waals surface area contributed by atoms with Gasteiger partial charge in [-0.25, -0.2) is 4.98 Å². The first-order valence-electron chi connectivity index (χ1n) is 6.18. The third-order valence-electron chi connectivity index (χ3n) is 3.34. The maximum atomic E-state index is 10.8. The second-order valence-electron chi connectivity index (χ2n) is 4.68. The first kappa shape index (κ1) is 13.0. The number of hydrogen-bond acceptors (Lipinski definition) is 6. The molecule has 0 saturated carbocycles. The average molecular weight is 285 g/mol. The minimum atomic E-state index is -0.663. The topological polar surface area (TPSA) is 102 Å². The molecule has 106 valence electrons. The molecule has 0 unspecified atom stereocenters. The van der Waals surface area contributed by atoms with Crippen molar-refractivity contribution in [2.75, 3.05) is 0 Å². The molecular weight excluding hydrogens is 274 g/mol. The van der Waals surface area contributed by atoms with Crippen molar-refractivity contribution in [2.45, 2.75) is 13.8 Å². The van der Waals surface area contributed by atoms with E-state index in [9.17, 15) is 15.2 Å². The summed E-state index contributed by atoms with van der Waals surface area (Å²) in [6.45, 7) is 3.64. The normalized spacial score (nSPS) is 11.0. The Morgan fingerprint density at radius 2 is 2.10 bits per heavy atom. The molecule has 2 aromatic heterocycles. The van der Waals surface area contributed by atoms with Crippen molar-refractivity contribution >= 4 is 16.6 Å². The van der Waals surface area contributed by atoms with Crippen LogP contribution in [-0.4, -0.2) is 20.2 Å². The van der Waals surface area contributed by atoms with Gasteiger partial charge >= 0.3 is 5.69 Å². The van der Waals surface area contributed by atoms with Gasteiger partial charge in [0.05, 0.1) is 16.1 Å². The summed E-state index contributed by atoms with van der Waals surface area (Å²) in [5, 5.41) is 25.0. The molecule has 0 aliphatic carbocycles. The van der Waals surface area contributed by atoms with Crippen LogP contribution in [0.15, 0.2) is 28.9 Å². The Balaban J connectivity index is 2.23. The molecule has 1 aromatic carbocycles. The smallest absolute Gasteiger partial charge is 0.329 e. The molecule has 0 fully saturated rings. The summed E-state index contributed by atoms with van der Waals surface area (Å²) in [4.78, 5) is 14.2. The number of rotatable bonds is 2. The van der Waals surface area contributed by atoms with E-state index in [1.807, 2.05) is 6.92 Å². The first-order chi connectivity index (χ1) is 9.99. The van der Waals surface area contributed by atoms with Gasteiger partial charge in [0.1, 0.15) is 12.0 Å². The minimum Gasteiger partial charge on any atom is -0.502 e. The van der Waals surface area contributed by atoms with Crippen LogP contribution in [-0.2, 0) is 0 Å². The molecule has 7 nitrogen and oxygen atoms in total. The SMILES string of the molecule is Cc1noc(C)c1-c1ccc2c(O)c([N+](=O)[O-])cnc2c1. The molecule has 0 spiro atoms. The lowest BCUT2D eigenvalue weighted by molar-refractivity contribution is -0.386. The molecule has 21 heavy (non-hydrogen) atoms. The van der Waals surface area contributed by atoms with Crippen molar-refractivity contribution in [1.29, 1.82) is 0 Å². The van der Waals surface area contributed by atoms with Crippen molar-refractivity contribution in [3.63, 3.8) is 0 Å². The van der Waals surface area contributed by atoms with E-state index in [0.717, 1.165) is 23.0 Å². The van der Waals surface area contributed by atoms with E-state index in [1.54, 1.807) is 25.1 Å². The summed E-state index contributed by atoms with van der Waals surface area (Å²) >= 11 is 0. The van der Waals surface area contributed by atoms with Crippen molar-refractivity contribution in [2.24, 2.45) is 0 Å². The van der Waals surface area contributed by atoms with E-state index in [0.29, 0.717) is 16.7 Å². The summed E-state index contributed by atoms with van der Waals surface area (Å²) in [6.07, 6.45) is 1.05. The highest BCUT2D eigenvalue weighted by atomic mass is 16.6. The lowest BCUT2D eigenvalue weighted by Crippen LogP contribution is -1.92. The first-order valence-corrected chi connectivity index (χ1v) is 6.18. The fourth-order valence-corrected chi connectivity index (χ4v) is 2.35. The maximum Gasteiger partial charge on any atom is 0.329 e. The summed E-state index contributed by atoms with van der Waals surface area (Å²) < 4.78 is 5.13. The zero-order chi connectivity index (χ0) is 15.1. The molecule has 0 aliphatic heterocycles.